The van der Waals surface area contributed by atoms with Crippen LogP contribution in [0.5, 0.6) is 0 Å². The molecule has 0 unspecified atom stereocenters. The molecule has 2 N–H and O–H groups in total. The summed E-state index contributed by atoms with van der Waals surface area (Å²) in [6.45, 7) is 3.68. The second kappa shape index (κ2) is 5.87. The van der Waals surface area contributed by atoms with Crippen molar-refractivity contribution in [3.05, 3.63) is 35.2 Å². The van der Waals surface area contributed by atoms with Crippen molar-refractivity contribution in [2.24, 2.45) is 0 Å². The normalized spacial score (nSPS) is 10.8. The molecule has 0 atom stereocenters. The van der Waals surface area contributed by atoms with Gasteiger partial charge in [0.05, 0.1) is 23.9 Å². The number of rotatable bonds is 6. The molecule has 0 aromatic carbocycles. The smallest absolute Gasteiger partial charge is 0.180 e. The van der Waals surface area contributed by atoms with Crippen LogP contribution in [0.15, 0.2) is 29.5 Å². The molecule has 3 rings (SSSR count). The number of imidazole rings is 1. The molecule has 104 valence electrons. The minimum atomic E-state index is 0.649. The average molecular weight is 288 g/mol. The Morgan fingerprint density at radius 1 is 1.30 bits per heavy atom. The first-order valence-electron chi connectivity index (χ1n) is 6.55. The number of nitrogens with one attached hydrogen (secondary N) is 2. The molecule has 0 bridgehead atoms. The van der Waals surface area contributed by atoms with Gasteiger partial charge in [0.15, 0.2) is 11.5 Å². The van der Waals surface area contributed by atoms with Crippen molar-refractivity contribution in [3.8, 4) is 0 Å². The Hall–Kier alpha value is -2.15. The van der Waals surface area contributed by atoms with Crippen molar-refractivity contribution < 1.29 is 0 Å². The summed E-state index contributed by atoms with van der Waals surface area (Å²) in [5.41, 5.74) is 3.66. The minimum absolute atomic E-state index is 0.649. The van der Waals surface area contributed by atoms with Gasteiger partial charge in [-0.15, -0.1) is 11.3 Å². The number of hydrogen-bond acceptors (Lipinski definition) is 6. The van der Waals surface area contributed by atoms with E-state index in [9.17, 15) is 0 Å². The van der Waals surface area contributed by atoms with Crippen molar-refractivity contribution in [2.45, 2.75) is 19.9 Å². The molecule has 0 radical (unpaired) electrons. The van der Waals surface area contributed by atoms with Crippen LogP contribution in [-0.4, -0.2) is 25.9 Å². The Morgan fingerprint density at radius 2 is 2.25 bits per heavy atom. The first-order valence-corrected chi connectivity index (χ1v) is 7.49. The van der Waals surface area contributed by atoms with Crippen molar-refractivity contribution in [2.75, 3.05) is 17.2 Å². The predicted octanol–water partition coefficient (Wildman–Crippen LogP) is 2.62. The Bertz CT molecular complexity index is 675. The summed E-state index contributed by atoms with van der Waals surface area (Å²) in [7, 11) is 0. The van der Waals surface area contributed by atoms with Crippen LogP contribution in [0.3, 0.4) is 0 Å². The lowest BCUT2D eigenvalue weighted by Crippen LogP contribution is -2.08. The van der Waals surface area contributed by atoms with Gasteiger partial charge in [-0.05, 0) is 6.42 Å². The average Bonchev–Trinajstić information content (AvgIpc) is 3.13. The Kier molecular flexibility index (Phi) is 3.78. The number of thiazole rings is 1. The van der Waals surface area contributed by atoms with Crippen LogP contribution >= 0.6 is 11.3 Å². The molecule has 3 aromatic rings. The van der Waals surface area contributed by atoms with E-state index in [-0.39, 0.29) is 0 Å². The van der Waals surface area contributed by atoms with Gasteiger partial charge in [0.1, 0.15) is 5.82 Å². The Morgan fingerprint density at radius 3 is 3.05 bits per heavy atom. The quantitative estimate of drug-likeness (QED) is 0.730. The number of anilines is 2. The minimum Gasteiger partial charge on any atom is -0.369 e. The standard InChI is InChI=1S/C13H16N6S/c1-2-3-14-11-7-19-5-4-15-13(19)12(18-11)16-6-10-8-20-9-17-10/h4-5,7-9,14H,2-3,6H2,1H3,(H,16,18). The third kappa shape index (κ3) is 2.72. The van der Waals surface area contributed by atoms with Crippen LogP contribution in [-0.2, 0) is 6.54 Å². The third-order valence-corrected chi connectivity index (χ3v) is 3.49. The van der Waals surface area contributed by atoms with Gasteiger partial charge in [-0.3, -0.25) is 0 Å². The molecule has 0 saturated carbocycles. The molecule has 3 aromatic heterocycles. The van der Waals surface area contributed by atoms with E-state index in [1.165, 1.54) is 0 Å². The maximum atomic E-state index is 4.58. The van der Waals surface area contributed by atoms with Crippen molar-refractivity contribution in [3.63, 3.8) is 0 Å². The molecule has 0 amide bonds. The molecular formula is C13H16N6S. The van der Waals surface area contributed by atoms with E-state index in [0.29, 0.717) is 6.54 Å². The summed E-state index contributed by atoms with van der Waals surface area (Å²) < 4.78 is 1.97. The number of fused-ring (bicyclic) bond motifs is 1. The molecule has 0 saturated heterocycles. The molecule has 6 nitrogen and oxygen atoms in total. The summed E-state index contributed by atoms with van der Waals surface area (Å²) >= 11 is 1.59. The van der Waals surface area contributed by atoms with E-state index in [4.69, 9.17) is 0 Å². The lowest BCUT2D eigenvalue weighted by Gasteiger charge is -2.10. The topological polar surface area (TPSA) is 67.1 Å². The lowest BCUT2D eigenvalue weighted by atomic mass is 10.4. The SMILES string of the molecule is CCCNc1cn2ccnc2c(NCc2cscn2)n1. The molecule has 20 heavy (non-hydrogen) atoms. The van der Waals surface area contributed by atoms with Crippen LogP contribution in [0.2, 0.25) is 0 Å². The Labute approximate surface area is 120 Å². The van der Waals surface area contributed by atoms with Crippen LogP contribution in [0, 0.1) is 0 Å². The van der Waals surface area contributed by atoms with Gasteiger partial charge >= 0.3 is 0 Å². The molecule has 0 aliphatic heterocycles. The molecule has 7 heteroatoms. The van der Waals surface area contributed by atoms with E-state index in [2.05, 4.69) is 32.5 Å². The lowest BCUT2D eigenvalue weighted by molar-refractivity contribution is 0.958. The summed E-state index contributed by atoms with van der Waals surface area (Å²) in [6, 6.07) is 0. The van der Waals surface area contributed by atoms with Crippen molar-refractivity contribution in [1.82, 2.24) is 19.4 Å². The first-order chi connectivity index (χ1) is 9.86. The zero-order valence-electron chi connectivity index (χ0n) is 11.2. The van der Waals surface area contributed by atoms with Crippen LogP contribution < -0.4 is 10.6 Å². The van der Waals surface area contributed by atoms with E-state index in [1.54, 1.807) is 17.5 Å². The van der Waals surface area contributed by atoms with Gasteiger partial charge in [0, 0.05) is 24.3 Å². The fourth-order valence-corrected chi connectivity index (χ4v) is 2.45. The first kappa shape index (κ1) is 12.9. The van der Waals surface area contributed by atoms with Crippen molar-refractivity contribution in [1.29, 1.82) is 0 Å². The molecule has 3 heterocycles. The second-order valence-electron chi connectivity index (χ2n) is 4.39. The number of hydrogen-bond donors (Lipinski definition) is 2. The predicted molar refractivity (Wildman–Crippen MR) is 81.2 cm³/mol. The van der Waals surface area contributed by atoms with Crippen molar-refractivity contribution >= 4 is 28.6 Å². The highest BCUT2D eigenvalue weighted by Crippen LogP contribution is 2.17. The van der Waals surface area contributed by atoms with Gasteiger partial charge in [0.25, 0.3) is 0 Å². The maximum Gasteiger partial charge on any atom is 0.180 e. The highest BCUT2D eigenvalue weighted by atomic mass is 32.1. The second-order valence-corrected chi connectivity index (χ2v) is 5.11. The van der Waals surface area contributed by atoms with E-state index in [0.717, 1.165) is 35.9 Å². The van der Waals surface area contributed by atoms with Gasteiger partial charge in [-0.25, -0.2) is 15.0 Å². The largest absolute Gasteiger partial charge is 0.369 e. The maximum absolute atomic E-state index is 4.58. The zero-order valence-corrected chi connectivity index (χ0v) is 12.0. The molecule has 0 aliphatic carbocycles. The van der Waals surface area contributed by atoms with E-state index >= 15 is 0 Å². The fraction of sp³-hybridized carbons (Fsp3) is 0.308. The van der Waals surface area contributed by atoms with Gasteiger partial charge in [0.2, 0.25) is 0 Å². The summed E-state index contributed by atoms with van der Waals surface area (Å²) in [4.78, 5) is 13.2. The van der Waals surface area contributed by atoms with Crippen LogP contribution in [0.25, 0.3) is 5.65 Å². The van der Waals surface area contributed by atoms with E-state index in [1.807, 2.05) is 27.7 Å². The van der Waals surface area contributed by atoms with Gasteiger partial charge < -0.3 is 15.0 Å². The zero-order chi connectivity index (χ0) is 13.8. The highest BCUT2D eigenvalue weighted by Gasteiger charge is 2.07. The highest BCUT2D eigenvalue weighted by molar-refractivity contribution is 7.07. The number of nitrogens with zero attached hydrogens (tertiary/aromatic N) is 4. The van der Waals surface area contributed by atoms with Gasteiger partial charge in [-0.1, -0.05) is 6.92 Å². The summed E-state index contributed by atoms with van der Waals surface area (Å²) in [5.74, 6) is 1.61. The number of aromatic nitrogens is 4. The monoisotopic (exact) mass is 288 g/mol. The Balaban J connectivity index is 1.85. The molecule has 0 spiro atoms. The molecular weight excluding hydrogens is 272 g/mol. The van der Waals surface area contributed by atoms with E-state index < -0.39 is 0 Å². The fourth-order valence-electron chi connectivity index (χ4n) is 1.89. The van der Waals surface area contributed by atoms with Crippen LogP contribution in [0.4, 0.5) is 11.6 Å². The molecule has 0 aliphatic rings. The summed E-state index contributed by atoms with van der Waals surface area (Å²) in [5, 5.41) is 8.62. The van der Waals surface area contributed by atoms with Gasteiger partial charge in [-0.2, -0.15) is 0 Å². The third-order valence-electron chi connectivity index (χ3n) is 2.85. The summed E-state index contributed by atoms with van der Waals surface area (Å²) in [6.07, 6.45) is 6.70. The van der Waals surface area contributed by atoms with Crippen LogP contribution in [0.1, 0.15) is 19.0 Å². The molecule has 0 fully saturated rings.